The maximum Gasteiger partial charge on any atom is 0.416 e. The fourth-order valence-corrected chi connectivity index (χ4v) is 1.80. The van der Waals surface area contributed by atoms with E-state index in [0.29, 0.717) is 11.4 Å². The first kappa shape index (κ1) is 16.3. The van der Waals surface area contributed by atoms with Crippen molar-refractivity contribution in [2.24, 2.45) is 0 Å². The average molecular weight is 324 g/mol. The molecule has 0 aliphatic carbocycles. The number of amides is 2. The Bertz CT molecular complexity index is 727. The van der Waals surface area contributed by atoms with Crippen molar-refractivity contribution in [3.63, 3.8) is 0 Å². The highest BCUT2D eigenvalue weighted by Crippen LogP contribution is 2.29. The molecule has 8 heteroatoms. The molecule has 0 spiro atoms. The van der Waals surface area contributed by atoms with E-state index in [0.717, 1.165) is 18.2 Å². The Balaban J connectivity index is 2.11. The van der Waals surface area contributed by atoms with Gasteiger partial charge < -0.3 is 10.4 Å². The Kier molecular flexibility index (Phi) is 4.54. The lowest BCUT2D eigenvalue weighted by atomic mass is 10.1. The molecule has 0 aliphatic heterocycles. The van der Waals surface area contributed by atoms with Gasteiger partial charge in [0, 0.05) is 16.9 Å². The Morgan fingerprint density at radius 3 is 2.00 bits per heavy atom. The van der Waals surface area contributed by atoms with Gasteiger partial charge in [-0.05, 0) is 42.5 Å². The zero-order valence-corrected chi connectivity index (χ0v) is 11.5. The lowest BCUT2D eigenvalue weighted by molar-refractivity contribution is -0.137. The highest BCUT2D eigenvalue weighted by molar-refractivity contribution is 6.04. The number of hydrogen-bond acceptors (Lipinski definition) is 2. The Hall–Kier alpha value is -3.03. The molecule has 0 bridgehead atoms. The molecule has 0 heterocycles. The van der Waals surface area contributed by atoms with Gasteiger partial charge in [0.2, 0.25) is 0 Å². The number of anilines is 2. The van der Waals surface area contributed by atoms with Gasteiger partial charge in [-0.2, -0.15) is 13.2 Å². The second kappa shape index (κ2) is 6.39. The third kappa shape index (κ3) is 4.47. The smallest absolute Gasteiger partial charge is 0.416 e. The molecule has 120 valence electrons. The molecular weight excluding hydrogens is 313 g/mol. The lowest BCUT2D eigenvalue weighted by Gasteiger charge is -2.09. The number of halogens is 3. The average Bonchev–Trinajstić information content (AvgIpc) is 2.48. The normalized spacial score (nSPS) is 10.9. The van der Waals surface area contributed by atoms with Crippen LogP contribution in [0, 0.1) is 0 Å². The summed E-state index contributed by atoms with van der Waals surface area (Å²) in [5.41, 5.74) is -0.420. The number of carbonyl (C=O) groups excluding carboxylic acids is 1. The molecule has 0 unspecified atom stereocenters. The number of carboxylic acid groups (broad SMARTS) is 1. The van der Waals surface area contributed by atoms with E-state index >= 15 is 0 Å². The van der Waals surface area contributed by atoms with Crippen LogP contribution >= 0.6 is 0 Å². The van der Waals surface area contributed by atoms with E-state index in [4.69, 9.17) is 5.11 Å². The van der Waals surface area contributed by atoms with Gasteiger partial charge in [-0.25, -0.2) is 4.79 Å². The van der Waals surface area contributed by atoms with Crippen LogP contribution in [0.4, 0.5) is 29.3 Å². The van der Waals surface area contributed by atoms with E-state index in [1.165, 1.54) is 30.3 Å². The standard InChI is InChI=1S/C15H11F3N2O3/c16-15(17,18)10-3-1-2-9(8-10)13(21)19-11-4-6-12(7-5-11)20-14(22)23/h1-8,20H,(H,19,21)(H,22,23). The number of rotatable bonds is 3. The number of carbonyl (C=O) groups is 2. The summed E-state index contributed by atoms with van der Waals surface area (Å²) >= 11 is 0. The van der Waals surface area contributed by atoms with E-state index in [-0.39, 0.29) is 5.56 Å². The summed E-state index contributed by atoms with van der Waals surface area (Å²) in [7, 11) is 0. The van der Waals surface area contributed by atoms with Crippen molar-refractivity contribution < 1.29 is 27.9 Å². The van der Waals surface area contributed by atoms with Crippen LogP contribution in [0.1, 0.15) is 15.9 Å². The zero-order chi connectivity index (χ0) is 17.0. The van der Waals surface area contributed by atoms with E-state index in [2.05, 4.69) is 10.6 Å². The molecule has 2 amide bonds. The van der Waals surface area contributed by atoms with Crippen LogP contribution in [0.25, 0.3) is 0 Å². The van der Waals surface area contributed by atoms with Crippen molar-refractivity contribution in [3.05, 3.63) is 59.7 Å². The summed E-state index contributed by atoms with van der Waals surface area (Å²) in [5.74, 6) is -0.699. The van der Waals surface area contributed by atoms with Gasteiger partial charge in [-0.1, -0.05) is 6.07 Å². The van der Waals surface area contributed by atoms with Crippen LogP contribution in [0.2, 0.25) is 0 Å². The van der Waals surface area contributed by atoms with Crippen molar-refractivity contribution in [2.45, 2.75) is 6.18 Å². The minimum atomic E-state index is -4.53. The van der Waals surface area contributed by atoms with Crippen LogP contribution in [0.15, 0.2) is 48.5 Å². The summed E-state index contributed by atoms with van der Waals surface area (Å²) < 4.78 is 37.9. The second-order valence-electron chi connectivity index (χ2n) is 4.54. The van der Waals surface area contributed by atoms with E-state index < -0.39 is 23.7 Å². The molecule has 2 aromatic rings. The predicted octanol–water partition coefficient (Wildman–Crippen LogP) is 4.05. The molecular formula is C15H11F3N2O3. The zero-order valence-electron chi connectivity index (χ0n) is 11.5. The molecule has 0 atom stereocenters. The molecule has 0 saturated heterocycles. The molecule has 0 saturated carbocycles. The van der Waals surface area contributed by atoms with Crippen molar-refractivity contribution in [1.82, 2.24) is 0 Å². The van der Waals surface area contributed by atoms with Crippen molar-refractivity contribution in [1.29, 1.82) is 0 Å². The van der Waals surface area contributed by atoms with Crippen molar-refractivity contribution >= 4 is 23.4 Å². The summed E-state index contributed by atoms with van der Waals surface area (Å²) in [6.07, 6.45) is -5.76. The van der Waals surface area contributed by atoms with Crippen molar-refractivity contribution in [3.8, 4) is 0 Å². The van der Waals surface area contributed by atoms with E-state index in [9.17, 15) is 22.8 Å². The summed E-state index contributed by atoms with van der Waals surface area (Å²) in [4.78, 5) is 22.4. The van der Waals surface area contributed by atoms with Crippen molar-refractivity contribution in [2.75, 3.05) is 10.6 Å². The maximum atomic E-state index is 12.6. The van der Waals surface area contributed by atoms with Gasteiger partial charge in [0.1, 0.15) is 0 Å². The molecule has 3 N–H and O–H groups in total. The number of hydrogen-bond donors (Lipinski definition) is 3. The van der Waals surface area contributed by atoms with Crippen LogP contribution in [-0.2, 0) is 6.18 Å². The first-order valence-electron chi connectivity index (χ1n) is 6.34. The van der Waals surface area contributed by atoms with Gasteiger partial charge in [0.25, 0.3) is 5.91 Å². The van der Waals surface area contributed by atoms with Gasteiger partial charge in [0.05, 0.1) is 5.56 Å². The highest BCUT2D eigenvalue weighted by Gasteiger charge is 2.30. The molecule has 2 aromatic carbocycles. The quantitative estimate of drug-likeness (QED) is 0.797. The molecule has 5 nitrogen and oxygen atoms in total. The van der Waals surface area contributed by atoms with Gasteiger partial charge in [-0.15, -0.1) is 0 Å². The molecule has 0 aromatic heterocycles. The summed E-state index contributed by atoms with van der Waals surface area (Å²) in [5, 5.41) is 13.1. The molecule has 0 radical (unpaired) electrons. The largest absolute Gasteiger partial charge is 0.465 e. The summed E-state index contributed by atoms with van der Waals surface area (Å²) in [6, 6.07) is 9.74. The third-order valence-electron chi connectivity index (χ3n) is 2.85. The first-order chi connectivity index (χ1) is 10.8. The Morgan fingerprint density at radius 2 is 1.48 bits per heavy atom. The van der Waals surface area contributed by atoms with Crippen LogP contribution < -0.4 is 10.6 Å². The topological polar surface area (TPSA) is 78.4 Å². The predicted molar refractivity (Wildman–Crippen MR) is 77.5 cm³/mol. The second-order valence-corrected chi connectivity index (χ2v) is 4.54. The van der Waals surface area contributed by atoms with Gasteiger partial charge in [-0.3, -0.25) is 10.1 Å². The minimum absolute atomic E-state index is 0.132. The van der Waals surface area contributed by atoms with E-state index in [1.807, 2.05) is 0 Å². The number of benzene rings is 2. The van der Waals surface area contributed by atoms with E-state index in [1.54, 1.807) is 0 Å². The molecule has 23 heavy (non-hydrogen) atoms. The van der Waals surface area contributed by atoms with Gasteiger partial charge >= 0.3 is 12.3 Å². The number of alkyl halides is 3. The lowest BCUT2D eigenvalue weighted by Crippen LogP contribution is -2.14. The monoisotopic (exact) mass is 324 g/mol. The molecule has 0 fully saturated rings. The van der Waals surface area contributed by atoms with Gasteiger partial charge in [0.15, 0.2) is 0 Å². The summed E-state index contributed by atoms with van der Waals surface area (Å²) in [6.45, 7) is 0. The van der Waals surface area contributed by atoms with Crippen LogP contribution in [-0.4, -0.2) is 17.1 Å². The Morgan fingerprint density at radius 1 is 0.913 bits per heavy atom. The molecule has 2 rings (SSSR count). The number of nitrogens with one attached hydrogen (secondary N) is 2. The molecule has 0 aliphatic rings. The Labute approximate surface area is 128 Å². The first-order valence-corrected chi connectivity index (χ1v) is 6.34. The minimum Gasteiger partial charge on any atom is -0.465 e. The fourth-order valence-electron chi connectivity index (χ4n) is 1.80. The van der Waals surface area contributed by atoms with Crippen LogP contribution in [0.3, 0.4) is 0 Å². The SMILES string of the molecule is O=C(O)Nc1ccc(NC(=O)c2cccc(C(F)(F)F)c2)cc1. The fraction of sp³-hybridized carbons (Fsp3) is 0.0667. The van der Waals surface area contributed by atoms with Crippen LogP contribution in [0.5, 0.6) is 0 Å². The third-order valence-corrected chi connectivity index (χ3v) is 2.85. The highest BCUT2D eigenvalue weighted by atomic mass is 19.4. The maximum absolute atomic E-state index is 12.6.